The molecule has 0 saturated carbocycles. The van der Waals surface area contributed by atoms with Gasteiger partial charge >= 0.3 is 12.3 Å². The van der Waals surface area contributed by atoms with Crippen LogP contribution in [-0.2, 0) is 10.3 Å². The summed E-state index contributed by atoms with van der Waals surface area (Å²) in [5.41, 5.74) is -3.99. The summed E-state index contributed by atoms with van der Waals surface area (Å²) in [6, 6.07) is 5.08. The number of aromatic nitrogens is 1. The SMILES string of the molecule is O=C1Nc2cnc(Cl)cc2C(CNC(=O)c2ccc(F)cc2)(C(F)(F)F)O1. The van der Waals surface area contributed by atoms with E-state index in [-0.39, 0.29) is 16.4 Å². The standard InChI is InChI=1S/C16H10ClF4N3O3/c17-12-5-10-11(6-22-12)24-14(26)27-15(10,16(19,20)21)7-23-13(25)8-1-3-9(18)4-2-8/h1-6H,7H2,(H,23,25)(H,24,26). The van der Waals surface area contributed by atoms with E-state index < -0.39 is 41.7 Å². The van der Waals surface area contributed by atoms with Gasteiger partial charge in [-0.1, -0.05) is 11.6 Å². The van der Waals surface area contributed by atoms with Crippen molar-refractivity contribution >= 4 is 29.3 Å². The molecule has 0 radical (unpaired) electrons. The number of nitrogens with one attached hydrogen (secondary N) is 2. The number of rotatable bonds is 3. The number of carbonyl (C=O) groups is 2. The van der Waals surface area contributed by atoms with Gasteiger partial charge in [0.1, 0.15) is 11.0 Å². The zero-order chi connectivity index (χ0) is 19.8. The van der Waals surface area contributed by atoms with Gasteiger partial charge in [0.05, 0.1) is 18.4 Å². The Balaban J connectivity index is 1.97. The molecule has 0 spiro atoms. The number of carbonyl (C=O) groups excluding carboxylic acids is 2. The summed E-state index contributed by atoms with van der Waals surface area (Å²) in [7, 11) is 0. The molecule has 2 N–H and O–H groups in total. The lowest BCUT2D eigenvalue weighted by molar-refractivity contribution is -0.261. The summed E-state index contributed by atoms with van der Waals surface area (Å²) in [6.45, 7) is -1.12. The van der Waals surface area contributed by atoms with E-state index >= 15 is 0 Å². The molecule has 2 amide bonds. The normalized spacial score (nSPS) is 18.9. The summed E-state index contributed by atoms with van der Waals surface area (Å²) < 4.78 is 59.3. The third kappa shape index (κ3) is 3.52. The van der Waals surface area contributed by atoms with Crippen LogP contribution in [0.3, 0.4) is 0 Å². The van der Waals surface area contributed by atoms with Crippen molar-refractivity contribution in [2.75, 3.05) is 11.9 Å². The van der Waals surface area contributed by atoms with Crippen LogP contribution in [0.1, 0.15) is 15.9 Å². The Hall–Kier alpha value is -2.88. The summed E-state index contributed by atoms with van der Waals surface area (Å²) >= 11 is 5.69. The molecule has 11 heteroatoms. The highest BCUT2D eigenvalue weighted by Crippen LogP contribution is 2.47. The van der Waals surface area contributed by atoms with Crippen molar-refractivity contribution in [3.63, 3.8) is 0 Å². The molecular weight excluding hydrogens is 394 g/mol. The quantitative estimate of drug-likeness (QED) is 0.606. The minimum Gasteiger partial charge on any atom is -0.426 e. The van der Waals surface area contributed by atoms with Gasteiger partial charge in [-0.25, -0.2) is 14.2 Å². The Morgan fingerprint density at radius 2 is 1.96 bits per heavy atom. The van der Waals surface area contributed by atoms with Crippen molar-refractivity contribution < 1.29 is 31.9 Å². The molecule has 0 aliphatic carbocycles. The highest BCUT2D eigenvalue weighted by molar-refractivity contribution is 6.29. The number of benzene rings is 1. The second-order valence-corrected chi connectivity index (χ2v) is 5.97. The number of hydrogen-bond acceptors (Lipinski definition) is 4. The van der Waals surface area contributed by atoms with Gasteiger partial charge < -0.3 is 10.1 Å². The number of pyridine rings is 1. The molecule has 3 rings (SSSR count). The van der Waals surface area contributed by atoms with Crippen LogP contribution in [0, 0.1) is 5.82 Å². The van der Waals surface area contributed by atoms with Gasteiger partial charge in [0.25, 0.3) is 11.5 Å². The maximum absolute atomic E-state index is 13.9. The fourth-order valence-electron chi connectivity index (χ4n) is 2.56. The molecule has 0 fully saturated rings. The van der Waals surface area contributed by atoms with Gasteiger partial charge in [-0.3, -0.25) is 10.1 Å². The Bertz CT molecular complexity index is 905. The van der Waals surface area contributed by atoms with Crippen molar-refractivity contribution in [2.45, 2.75) is 11.8 Å². The molecular formula is C16H10ClF4N3O3. The third-order valence-electron chi connectivity index (χ3n) is 3.87. The maximum Gasteiger partial charge on any atom is 0.434 e. The number of anilines is 1. The number of nitrogens with zero attached hydrogens (tertiary/aromatic N) is 1. The van der Waals surface area contributed by atoms with E-state index in [1.54, 1.807) is 0 Å². The molecule has 6 nitrogen and oxygen atoms in total. The summed E-state index contributed by atoms with van der Waals surface area (Å²) in [6.07, 6.45) is -5.49. The van der Waals surface area contributed by atoms with Crippen molar-refractivity contribution in [2.24, 2.45) is 0 Å². The monoisotopic (exact) mass is 403 g/mol. The molecule has 0 bridgehead atoms. The first-order chi connectivity index (χ1) is 12.6. The largest absolute Gasteiger partial charge is 0.434 e. The van der Waals surface area contributed by atoms with Gasteiger partial charge in [0.15, 0.2) is 0 Å². The summed E-state index contributed by atoms with van der Waals surface area (Å²) in [4.78, 5) is 27.4. The molecule has 1 aromatic carbocycles. The molecule has 1 aliphatic heterocycles. The summed E-state index contributed by atoms with van der Waals surface area (Å²) in [5, 5.41) is 3.91. The molecule has 27 heavy (non-hydrogen) atoms. The van der Waals surface area contributed by atoms with Crippen molar-refractivity contribution in [1.82, 2.24) is 10.3 Å². The number of hydrogen-bond donors (Lipinski definition) is 2. The van der Waals surface area contributed by atoms with Crippen LogP contribution < -0.4 is 10.6 Å². The molecule has 1 aliphatic rings. The number of amides is 2. The zero-order valence-electron chi connectivity index (χ0n) is 13.2. The van der Waals surface area contributed by atoms with E-state index in [1.807, 2.05) is 0 Å². The molecule has 142 valence electrons. The Kier molecular flexibility index (Phi) is 4.68. The highest BCUT2D eigenvalue weighted by Gasteiger charge is 2.62. The number of fused-ring (bicyclic) bond motifs is 1. The second kappa shape index (κ2) is 6.69. The van der Waals surface area contributed by atoms with Crippen LogP contribution in [-0.4, -0.2) is 29.7 Å². The molecule has 1 aromatic heterocycles. The van der Waals surface area contributed by atoms with Crippen LogP contribution in [0.5, 0.6) is 0 Å². The first kappa shape index (κ1) is 18.9. The van der Waals surface area contributed by atoms with E-state index in [0.717, 1.165) is 36.5 Å². The van der Waals surface area contributed by atoms with Crippen LogP contribution in [0.25, 0.3) is 0 Å². The third-order valence-corrected chi connectivity index (χ3v) is 4.08. The molecule has 2 heterocycles. The Labute approximate surface area is 154 Å². The highest BCUT2D eigenvalue weighted by atomic mass is 35.5. The minimum absolute atomic E-state index is 0.0676. The number of cyclic esters (lactones) is 1. The second-order valence-electron chi connectivity index (χ2n) is 5.58. The zero-order valence-corrected chi connectivity index (χ0v) is 14.0. The van der Waals surface area contributed by atoms with E-state index in [2.05, 4.69) is 20.4 Å². The van der Waals surface area contributed by atoms with Gasteiger partial charge in [0, 0.05) is 11.1 Å². The van der Waals surface area contributed by atoms with Gasteiger partial charge in [-0.05, 0) is 30.3 Å². The lowest BCUT2D eigenvalue weighted by Gasteiger charge is -2.39. The fourth-order valence-corrected chi connectivity index (χ4v) is 2.72. The van der Waals surface area contributed by atoms with E-state index in [0.29, 0.717) is 0 Å². The first-order valence-corrected chi connectivity index (χ1v) is 7.77. The van der Waals surface area contributed by atoms with Gasteiger partial charge in [-0.15, -0.1) is 0 Å². The van der Waals surface area contributed by atoms with Crippen LogP contribution in [0.15, 0.2) is 36.5 Å². The van der Waals surface area contributed by atoms with Crippen molar-refractivity contribution in [3.05, 3.63) is 58.6 Å². The minimum atomic E-state index is -5.08. The molecule has 1 atom stereocenters. The van der Waals surface area contributed by atoms with Crippen molar-refractivity contribution in [3.8, 4) is 0 Å². The number of ether oxygens (including phenoxy) is 1. The van der Waals surface area contributed by atoms with E-state index in [4.69, 9.17) is 11.6 Å². The first-order valence-electron chi connectivity index (χ1n) is 7.39. The molecule has 1 unspecified atom stereocenters. The van der Waals surface area contributed by atoms with Crippen molar-refractivity contribution in [1.29, 1.82) is 0 Å². The van der Waals surface area contributed by atoms with E-state index in [1.165, 1.54) is 0 Å². The molecule has 0 saturated heterocycles. The topological polar surface area (TPSA) is 80.3 Å². The smallest absolute Gasteiger partial charge is 0.426 e. The van der Waals surface area contributed by atoms with Crippen LogP contribution in [0.2, 0.25) is 5.15 Å². The number of alkyl halides is 3. The lowest BCUT2D eigenvalue weighted by Crippen LogP contribution is -2.56. The summed E-state index contributed by atoms with van der Waals surface area (Å²) in [5.74, 6) is -1.52. The van der Waals surface area contributed by atoms with E-state index in [9.17, 15) is 27.2 Å². The van der Waals surface area contributed by atoms with Crippen LogP contribution >= 0.6 is 11.6 Å². The maximum atomic E-state index is 13.9. The lowest BCUT2D eigenvalue weighted by atomic mass is 9.90. The average Bonchev–Trinajstić information content (AvgIpc) is 2.59. The van der Waals surface area contributed by atoms with Gasteiger partial charge in [-0.2, -0.15) is 13.2 Å². The van der Waals surface area contributed by atoms with Crippen LogP contribution in [0.4, 0.5) is 28.0 Å². The Morgan fingerprint density at radius 3 is 2.59 bits per heavy atom. The fraction of sp³-hybridized carbons (Fsp3) is 0.188. The average molecular weight is 404 g/mol. The predicted molar refractivity (Wildman–Crippen MR) is 85.8 cm³/mol. The van der Waals surface area contributed by atoms with Gasteiger partial charge in [0.2, 0.25) is 0 Å². The molecule has 2 aromatic rings. The number of halogens is 5. The predicted octanol–water partition coefficient (Wildman–Crippen LogP) is 3.62. The Morgan fingerprint density at radius 1 is 1.30 bits per heavy atom.